The molecule has 0 aromatic heterocycles. The SMILES string of the molecule is CCc1cc(C)ccc1O.Cc1ccc(O)cc1.O=S(=O)(C(CC(S(=O)(=O)C(F)(F)F)S(=O)(=O)C(F)(F)F)S(=O)(=O)C(F)(F)F)C(F)(F)F. The molecule has 0 spiro atoms. The summed E-state index contributed by atoms with van der Waals surface area (Å²) in [5.41, 5.74) is -25.1. The number of halogens is 12. The van der Waals surface area contributed by atoms with E-state index in [1.807, 2.05) is 45.0 Å². The molecule has 0 aliphatic carbocycles. The van der Waals surface area contributed by atoms with Crippen molar-refractivity contribution in [2.24, 2.45) is 0 Å². The maximum absolute atomic E-state index is 12.6. The van der Waals surface area contributed by atoms with E-state index in [0.29, 0.717) is 11.5 Å². The zero-order chi connectivity index (χ0) is 39.4. The third-order valence-corrected chi connectivity index (χ3v) is 14.9. The lowest BCUT2D eigenvalue weighted by Crippen LogP contribution is -2.52. The topological polar surface area (TPSA) is 177 Å². The van der Waals surface area contributed by atoms with Gasteiger partial charge < -0.3 is 10.2 Å². The fourth-order valence-corrected chi connectivity index (χ4v) is 10.6. The van der Waals surface area contributed by atoms with Crippen molar-refractivity contribution in [3.8, 4) is 11.5 Å². The summed E-state index contributed by atoms with van der Waals surface area (Å²) in [7, 11) is -31.8. The molecule has 0 amide bonds. The smallest absolute Gasteiger partial charge is 0.498 e. The first-order chi connectivity index (χ1) is 21.5. The van der Waals surface area contributed by atoms with Gasteiger partial charge in [0.1, 0.15) is 11.5 Å². The number of benzene rings is 2. The van der Waals surface area contributed by atoms with Crippen molar-refractivity contribution >= 4 is 39.3 Å². The molecule has 2 aromatic carbocycles. The summed E-state index contributed by atoms with van der Waals surface area (Å²) in [6.45, 7) is 6.05. The molecule has 0 fully saturated rings. The van der Waals surface area contributed by atoms with E-state index in [1.165, 1.54) is 11.1 Å². The molecule has 0 radical (unpaired) electrons. The van der Waals surface area contributed by atoms with Crippen LogP contribution in [0.2, 0.25) is 0 Å². The van der Waals surface area contributed by atoms with E-state index >= 15 is 0 Å². The van der Waals surface area contributed by atoms with Gasteiger partial charge in [0.2, 0.25) is 0 Å². The zero-order valence-electron chi connectivity index (χ0n) is 24.4. The van der Waals surface area contributed by atoms with Crippen LogP contribution in [0, 0.1) is 13.8 Å². The van der Waals surface area contributed by atoms with Crippen molar-refractivity contribution in [3.63, 3.8) is 0 Å². The van der Waals surface area contributed by atoms with Gasteiger partial charge in [-0.2, -0.15) is 52.7 Å². The van der Waals surface area contributed by atoms with Gasteiger partial charge in [-0.25, -0.2) is 33.7 Å². The van der Waals surface area contributed by atoms with Gasteiger partial charge in [0, 0.05) is 6.42 Å². The molecule has 0 bridgehead atoms. The molecule has 0 unspecified atom stereocenters. The van der Waals surface area contributed by atoms with Crippen molar-refractivity contribution in [1.82, 2.24) is 0 Å². The van der Waals surface area contributed by atoms with Gasteiger partial charge in [-0.1, -0.05) is 42.3 Å². The minimum atomic E-state index is -7.96. The predicted octanol–water partition coefficient (Wildman–Crippen LogP) is 5.73. The molecule has 284 valence electrons. The summed E-state index contributed by atoms with van der Waals surface area (Å²) in [6, 6.07) is 12.8. The van der Waals surface area contributed by atoms with Gasteiger partial charge in [-0.05, 0) is 44.0 Å². The third-order valence-electron chi connectivity index (χ3n) is 5.71. The summed E-state index contributed by atoms with van der Waals surface area (Å²) in [4.78, 5) is 0. The molecule has 0 aliphatic heterocycles. The Hall–Kier alpha value is -3.00. The predicted molar refractivity (Wildman–Crippen MR) is 147 cm³/mol. The minimum Gasteiger partial charge on any atom is -0.508 e. The zero-order valence-corrected chi connectivity index (χ0v) is 27.7. The van der Waals surface area contributed by atoms with Gasteiger partial charge in [0.05, 0.1) is 0 Å². The minimum absolute atomic E-state index is 0.329. The molecule has 49 heavy (non-hydrogen) atoms. The van der Waals surface area contributed by atoms with Crippen molar-refractivity contribution in [3.05, 3.63) is 59.2 Å². The first-order valence-corrected chi connectivity index (χ1v) is 18.4. The second kappa shape index (κ2) is 15.5. The summed E-state index contributed by atoms with van der Waals surface area (Å²) in [5, 5.41) is 18.0. The van der Waals surface area contributed by atoms with E-state index in [9.17, 15) is 91.5 Å². The summed E-state index contributed by atoms with van der Waals surface area (Å²) < 4.78 is 229. The summed E-state index contributed by atoms with van der Waals surface area (Å²) >= 11 is 0. The highest BCUT2D eigenvalue weighted by Gasteiger charge is 2.69. The van der Waals surface area contributed by atoms with Crippen molar-refractivity contribution in [2.75, 3.05) is 0 Å². The van der Waals surface area contributed by atoms with Gasteiger partial charge in [-0.3, -0.25) is 0 Å². The van der Waals surface area contributed by atoms with Crippen LogP contribution in [0.4, 0.5) is 52.7 Å². The normalized spacial score (nSPS) is 13.7. The van der Waals surface area contributed by atoms with Gasteiger partial charge in [-0.15, -0.1) is 0 Å². The molecule has 26 heteroatoms. The highest BCUT2D eigenvalue weighted by atomic mass is 32.3. The monoisotopic (exact) mass is 816 g/mol. The van der Waals surface area contributed by atoms with E-state index in [2.05, 4.69) is 0 Å². The van der Waals surface area contributed by atoms with Crippen LogP contribution in [0.25, 0.3) is 0 Å². The average molecular weight is 817 g/mol. The lowest BCUT2D eigenvalue weighted by molar-refractivity contribution is -0.0475. The van der Waals surface area contributed by atoms with Crippen LogP contribution in [-0.4, -0.2) is 75.1 Å². The second-order valence-electron chi connectivity index (χ2n) is 9.38. The van der Waals surface area contributed by atoms with E-state index < -0.39 is 77.0 Å². The number of phenols is 2. The fraction of sp³-hybridized carbons (Fsp3) is 0.478. The van der Waals surface area contributed by atoms with E-state index in [4.69, 9.17) is 5.11 Å². The number of aromatic hydroxyl groups is 2. The van der Waals surface area contributed by atoms with Crippen LogP contribution in [0.3, 0.4) is 0 Å². The van der Waals surface area contributed by atoms with Gasteiger partial charge in [0.15, 0.2) is 9.16 Å². The molecular weight excluding hydrogens is 792 g/mol. The van der Waals surface area contributed by atoms with Crippen LogP contribution in [-0.2, 0) is 45.8 Å². The first-order valence-electron chi connectivity index (χ1n) is 12.2. The first kappa shape index (κ1) is 46.0. The molecule has 2 rings (SSSR count). The molecule has 2 N–H and O–H groups in total. The van der Waals surface area contributed by atoms with Crippen LogP contribution in [0.15, 0.2) is 42.5 Å². The molecule has 0 aliphatic rings. The molecule has 0 saturated carbocycles. The van der Waals surface area contributed by atoms with Crippen LogP contribution < -0.4 is 0 Å². The van der Waals surface area contributed by atoms with Crippen molar-refractivity contribution < 1.29 is 96.6 Å². The Bertz CT molecular complexity index is 1670. The maximum Gasteiger partial charge on any atom is 0.498 e. The quantitative estimate of drug-likeness (QED) is 0.328. The standard InChI is InChI=1S/C9H12O.C7H4F12O8S4.C7H8O/c1-3-8-6-7(2)4-5-9(8)10;8-4(9,10)28(20,21)2(29(22,23)5(11,12)13)1-3(30(24,25)6(14,15)16)31(26,27)7(17,18)19;1-6-2-4-7(8)5-3-6/h4-6,10H,3H2,1-2H3;2-3H,1H2;2-5,8H,1H3. The van der Waals surface area contributed by atoms with E-state index in [-0.39, 0.29) is 0 Å². The van der Waals surface area contributed by atoms with Crippen molar-refractivity contribution in [1.29, 1.82) is 0 Å². The van der Waals surface area contributed by atoms with Gasteiger partial charge >= 0.3 is 22.0 Å². The summed E-state index contributed by atoms with van der Waals surface area (Å²) in [5.74, 6) is 0.740. The number of sulfone groups is 4. The Balaban J connectivity index is 0.00000102. The van der Waals surface area contributed by atoms with Crippen LogP contribution >= 0.6 is 0 Å². The maximum atomic E-state index is 12.6. The molecule has 10 nitrogen and oxygen atoms in total. The van der Waals surface area contributed by atoms with Crippen LogP contribution in [0.5, 0.6) is 11.5 Å². The second-order valence-corrected chi connectivity index (χ2v) is 18.5. The van der Waals surface area contributed by atoms with Gasteiger partial charge in [0.25, 0.3) is 39.3 Å². The summed E-state index contributed by atoms with van der Waals surface area (Å²) in [6.07, 6.45) is -3.07. The number of rotatable bonds is 7. The molecular formula is C23H24F12O10S4. The Morgan fingerprint density at radius 1 is 0.531 bits per heavy atom. The number of alkyl halides is 12. The number of hydrogen-bond acceptors (Lipinski definition) is 10. The Labute approximate surface area is 271 Å². The van der Waals surface area contributed by atoms with Crippen LogP contribution in [0.1, 0.15) is 30.0 Å². The van der Waals surface area contributed by atoms with E-state index in [0.717, 1.165) is 12.0 Å². The lowest BCUT2D eigenvalue weighted by Gasteiger charge is -2.26. The number of aryl methyl sites for hydroxylation is 3. The molecule has 0 saturated heterocycles. The Morgan fingerprint density at radius 3 is 1.04 bits per heavy atom. The Morgan fingerprint density at radius 2 is 0.816 bits per heavy atom. The fourth-order valence-electron chi connectivity index (χ4n) is 3.14. The highest BCUT2D eigenvalue weighted by Crippen LogP contribution is 2.43. The largest absolute Gasteiger partial charge is 0.508 e. The average Bonchev–Trinajstić information content (AvgIpc) is 2.89. The van der Waals surface area contributed by atoms with Crippen molar-refractivity contribution in [2.45, 2.75) is 64.8 Å². The number of hydrogen-bond donors (Lipinski definition) is 2. The van der Waals surface area contributed by atoms with E-state index in [1.54, 1.807) is 18.2 Å². The third kappa shape index (κ3) is 11.2. The molecule has 0 atom stereocenters. The highest BCUT2D eigenvalue weighted by molar-refractivity contribution is 8.11. The molecule has 2 aromatic rings. The lowest BCUT2D eigenvalue weighted by atomic mass is 10.1. The molecule has 0 heterocycles. The Kier molecular flexibility index (Phi) is 14.5. The number of phenolic OH excluding ortho intramolecular Hbond substituents is 2.